The number of aryl methyl sites for hydroxylation is 1. The van der Waals surface area contributed by atoms with Gasteiger partial charge in [-0.1, -0.05) is 6.42 Å². The third kappa shape index (κ3) is 2.34. The van der Waals surface area contributed by atoms with E-state index in [0.717, 1.165) is 24.6 Å². The van der Waals surface area contributed by atoms with Gasteiger partial charge in [0.05, 0.1) is 18.0 Å². The highest BCUT2D eigenvalue weighted by molar-refractivity contribution is 5.37. The van der Waals surface area contributed by atoms with Crippen LogP contribution in [-0.2, 0) is 4.74 Å². The average molecular weight is 261 g/mol. The number of rotatable bonds is 2. The fraction of sp³-hybridized carbons (Fsp3) is 0.733. The lowest BCUT2D eigenvalue weighted by molar-refractivity contribution is 0.00215. The average Bonchev–Trinajstić information content (AvgIpc) is 2.81. The van der Waals surface area contributed by atoms with Crippen molar-refractivity contribution in [3.8, 4) is 0 Å². The highest BCUT2D eigenvalue weighted by Crippen LogP contribution is 2.46. The van der Waals surface area contributed by atoms with E-state index in [2.05, 4.69) is 14.9 Å². The lowest BCUT2D eigenvalue weighted by Crippen LogP contribution is -2.48. The Morgan fingerprint density at radius 1 is 1.32 bits per heavy atom. The molecule has 19 heavy (non-hydrogen) atoms. The van der Waals surface area contributed by atoms with Gasteiger partial charge in [-0.05, 0) is 32.6 Å². The molecule has 0 unspecified atom stereocenters. The number of methoxy groups -OCH3 is 1. The van der Waals surface area contributed by atoms with Crippen molar-refractivity contribution < 1.29 is 4.74 Å². The fourth-order valence-electron chi connectivity index (χ4n) is 3.90. The van der Waals surface area contributed by atoms with Crippen molar-refractivity contribution in [3.05, 3.63) is 18.1 Å². The van der Waals surface area contributed by atoms with Gasteiger partial charge in [0.15, 0.2) is 0 Å². The maximum atomic E-state index is 5.75. The first-order chi connectivity index (χ1) is 9.23. The Labute approximate surface area is 115 Å². The van der Waals surface area contributed by atoms with Crippen LogP contribution in [0.3, 0.4) is 0 Å². The van der Waals surface area contributed by atoms with E-state index in [9.17, 15) is 0 Å². The van der Waals surface area contributed by atoms with Crippen molar-refractivity contribution in [3.63, 3.8) is 0 Å². The number of piperidine rings is 1. The Morgan fingerprint density at radius 3 is 2.95 bits per heavy atom. The zero-order valence-corrected chi connectivity index (χ0v) is 11.9. The molecule has 4 nitrogen and oxygen atoms in total. The fourth-order valence-corrected chi connectivity index (χ4v) is 3.90. The van der Waals surface area contributed by atoms with E-state index in [1.807, 2.05) is 26.4 Å². The van der Waals surface area contributed by atoms with Gasteiger partial charge in [0.1, 0.15) is 5.82 Å². The highest BCUT2D eigenvalue weighted by Gasteiger charge is 2.46. The summed E-state index contributed by atoms with van der Waals surface area (Å²) in [5.74, 6) is 1.03. The molecule has 2 aliphatic rings. The molecule has 1 aromatic rings. The molecule has 4 heteroatoms. The topological polar surface area (TPSA) is 38.2 Å². The van der Waals surface area contributed by atoms with E-state index < -0.39 is 0 Å². The van der Waals surface area contributed by atoms with Crippen LogP contribution in [0.4, 0.5) is 5.82 Å². The Hall–Kier alpha value is -1.16. The van der Waals surface area contributed by atoms with Gasteiger partial charge in [-0.3, -0.25) is 4.98 Å². The molecule has 1 aliphatic carbocycles. The summed E-state index contributed by atoms with van der Waals surface area (Å²) in [6.07, 6.45) is 10.5. The van der Waals surface area contributed by atoms with E-state index in [0.29, 0.717) is 11.5 Å². The minimum Gasteiger partial charge on any atom is -0.381 e. The zero-order chi connectivity index (χ0) is 13.3. The van der Waals surface area contributed by atoms with Crippen LogP contribution in [0.1, 0.15) is 37.8 Å². The maximum absolute atomic E-state index is 5.75. The molecule has 2 fully saturated rings. The second kappa shape index (κ2) is 5.08. The summed E-state index contributed by atoms with van der Waals surface area (Å²) >= 11 is 0. The van der Waals surface area contributed by atoms with Crippen molar-refractivity contribution in [2.24, 2.45) is 5.41 Å². The van der Waals surface area contributed by atoms with E-state index in [4.69, 9.17) is 4.74 Å². The molecule has 104 valence electrons. The summed E-state index contributed by atoms with van der Waals surface area (Å²) in [5, 5.41) is 0. The number of nitrogens with zero attached hydrogens (tertiary/aromatic N) is 3. The number of hydrogen-bond acceptors (Lipinski definition) is 4. The van der Waals surface area contributed by atoms with Crippen LogP contribution in [0, 0.1) is 12.3 Å². The van der Waals surface area contributed by atoms with E-state index >= 15 is 0 Å². The summed E-state index contributed by atoms with van der Waals surface area (Å²) in [4.78, 5) is 11.3. The molecule has 1 spiro atoms. The van der Waals surface area contributed by atoms with Crippen LogP contribution in [0.25, 0.3) is 0 Å². The van der Waals surface area contributed by atoms with Crippen molar-refractivity contribution in [1.29, 1.82) is 0 Å². The van der Waals surface area contributed by atoms with E-state index in [-0.39, 0.29) is 0 Å². The second-order valence-electron chi connectivity index (χ2n) is 6.02. The van der Waals surface area contributed by atoms with Crippen LogP contribution < -0.4 is 4.90 Å². The zero-order valence-electron chi connectivity index (χ0n) is 11.9. The summed E-state index contributed by atoms with van der Waals surface area (Å²) < 4.78 is 5.75. The van der Waals surface area contributed by atoms with Gasteiger partial charge < -0.3 is 9.64 Å². The molecule has 1 saturated heterocycles. The predicted molar refractivity (Wildman–Crippen MR) is 75.3 cm³/mol. The predicted octanol–water partition coefficient (Wildman–Crippen LogP) is 2.57. The van der Waals surface area contributed by atoms with Crippen LogP contribution in [0.5, 0.6) is 0 Å². The lowest BCUT2D eigenvalue weighted by Gasteiger charge is -2.44. The third-order valence-electron chi connectivity index (χ3n) is 4.78. The molecule has 0 bridgehead atoms. The largest absolute Gasteiger partial charge is 0.381 e. The summed E-state index contributed by atoms with van der Waals surface area (Å²) in [5.41, 5.74) is 1.34. The molecule has 0 N–H and O–H groups in total. The van der Waals surface area contributed by atoms with Gasteiger partial charge in [0.2, 0.25) is 0 Å². The minimum atomic E-state index is 0.346. The van der Waals surface area contributed by atoms with Crippen LogP contribution in [0.15, 0.2) is 12.4 Å². The van der Waals surface area contributed by atoms with Gasteiger partial charge in [-0.25, -0.2) is 4.98 Å². The molecule has 2 atom stereocenters. The van der Waals surface area contributed by atoms with Crippen molar-refractivity contribution in [2.75, 3.05) is 25.1 Å². The lowest BCUT2D eigenvalue weighted by atomic mass is 9.76. The Balaban J connectivity index is 1.81. The van der Waals surface area contributed by atoms with Gasteiger partial charge in [-0.15, -0.1) is 0 Å². The Bertz CT molecular complexity index is 451. The number of anilines is 1. The molecular weight excluding hydrogens is 238 g/mol. The maximum Gasteiger partial charge on any atom is 0.147 e. The third-order valence-corrected chi connectivity index (χ3v) is 4.78. The van der Waals surface area contributed by atoms with E-state index in [1.165, 1.54) is 32.1 Å². The van der Waals surface area contributed by atoms with Gasteiger partial charge in [0, 0.05) is 31.8 Å². The quantitative estimate of drug-likeness (QED) is 0.820. The Kier molecular flexibility index (Phi) is 3.44. The molecule has 1 saturated carbocycles. The van der Waals surface area contributed by atoms with Crippen molar-refractivity contribution >= 4 is 5.82 Å². The molecule has 0 aromatic carbocycles. The Morgan fingerprint density at radius 2 is 2.16 bits per heavy atom. The monoisotopic (exact) mass is 261 g/mol. The standard InChI is InChI=1S/C15H23N3O/c1-12-9-16-10-14(17-12)18-8-4-7-15(11-18)6-3-5-13(15)19-2/h9-10,13H,3-8,11H2,1-2H3/t13-,15+/m1/s1. The first-order valence-electron chi connectivity index (χ1n) is 7.30. The van der Waals surface area contributed by atoms with Gasteiger partial charge in [-0.2, -0.15) is 0 Å². The van der Waals surface area contributed by atoms with Crippen molar-refractivity contribution in [2.45, 2.75) is 45.1 Å². The molecule has 1 aromatic heterocycles. The highest BCUT2D eigenvalue weighted by atomic mass is 16.5. The summed E-state index contributed by atoms with van der Waals surface area (Å²) in [6.45, 7) is 4.17. The van der Waals surface area contributed by atoms with Gasteiger partial charge in [0.25, 0.3) is 0 Å². The van der Waals surface area contributed by atoms with Crippen molar-refractivity contribution in [1.82, 2.24) is 9.97 Å². The normalized spacial score (nSPS) is 31.1. The number of aromatic nitrogens is 2. The number of hydrogen-bond donors (Lipinski definition) is 0. The van der Waals surface area contributed by atoms with E-state index in [1.54, 1.807) is 0 Å². The minimum absolute atomic E-state index is 0.346. The molecular formula is C15H23N3O. The molecule has 3 rings (SSSR count). The van der Waals surface area contributed by atoms with Crippen LogP contribution in [-0.4, -0.2) is 36.3 Å². The SMILES string of the molecule is CO[C@@H]1CCC[C@@]12CCCN(c1cncc(C)n1)C2. The van der Waals surface area contributed by atoms with Gasteiger partial charge >= 0.3 is 0 Å². The molecule has 1 aliphatic heterocycles. The first-order valence-corrected chi connectivity index (χ1v) is 7.30. The summed E-state index contributed by atoms with van der Waals surface area (Å²) in [7, 11) is 1.86. The second-order valence-corrected chi connectivity index (χ2v) is 6.02. The summed E-state index contributed by atoms with van der Waals surface area (Å²) in [6, 6.07) is 0. The molecule has 0 amide bonds. The van der Waals surface area contributed by atoms with Crippen LogP contribution in [0.2, 0.25) is 0 Å². The van der Waals surface area contributed by atoms with Crippen LogP contribution >= 0.6 is 0 Å². The smallest absolute Gasteiger partial charge is 0.147 e. The molecule has 2 heterocycles. The first kappa shape index (κ1) is 12.9. The molecule has 0 radical (unpaired) electrons. The number of ether oxygens (including phenoxy) is 1.